The average molecular weight is 490 g/mol. The van der Waals surface area contributed by atoms with Crippen molar-refractivity contribution in [1.29, 1.82) is 0 Å². The lowest BCUT2D eigenvalue weighted by molar-refractivity contribution is 0.0734. The zero-order valence-electron chi connectivity index (χ0n) is 21.4. The summed E-state index contributed by atoms with van der Waals surface area (Å²) < 4.78 is 3.87. The highest BCUT2D eigenvalue weighted by Crippen LogP contribution is 2.27. The van der Waals surface area contributed by atoms with E-state index in [9.17, 15) is 5.11 Å². The van der Waals surface area contributed by atoms with Crippen LogP contribution in [0, 0.1) is 0 Å². The third-order valence-corrected chi connectivity index (χ3v) is 6.61. The molecular weight excluding hydrogens is 454 g/mol. The number of para-hydroxylation sites is 1. The van der Waals surface area contributed by atoms with E-state index in [1.165, 1.54) is 0 Å². The monoisotopic (exact) mass is 489 g/mol. The highest BCUT2D eigenvalue weighted by Gasteiger charge is 2.23. The van der Waals surface area contributed by atoms with Crippen molar-refractivity contribution >= 4 is 22.9 Å². The lowest BCUT2D eigenvalue weighted by Crippen LogP contribution is -2.43. The summed E-state index contributed by atoms with van der Waals surface area (Å²) in [5, 5.41) is 18.5. The first-order valence-corrected chi connectivity index (χ1v) is 12.6. The molecule has 1 saturated heterocycles. The normalized spacial score (nSPS) is 16.8. The van der Waals surface area contributed by atoms with Gasteiger partial charge in [0.1, 0.15) is 5.60 Å². The molecule has 1 atom stereocenters. The van der Waals surface area contributed by atoms with Crippen molar-refractivity contribution in [2.45, 2.75) is 64.8 Å². The molecule has 3 aromatic heterocycles. The minimum atomic E-state index is -1.01. The van der Waals surface area contributed by atoms with Crippen LogP contribution >= 0.6 is 0 Å². The highest BCUT2D eigenvalue weighted by molar-refractivity contribution is 5.84. The first-order valence-electron chi connectivity index (χ1n) is 12.6. The Morgan fingerprint density at radius 3 is 2.72 bits per heavy atom. The maximum absolute atomic E-state index is 10.3. The first kappa shape index (κ1) is 24.2. The van der Waals surface area contributed by atoms with Gasteiger partial charge in [-0.2, -0.15) is 15.1 Å². The van der Waals surface area contributed by atoms with Gasteiger partial charge in [0.15, 0.2) is 17.0 Å². The number of anilines is 2. The Balaban J connectivity index is 1.48. The molecule has 5 rings (SSSR count). The minimum Gasteiger partial charge on any atom is -0.384 e. The molecule has 0 radical (unpaired) electrons. The number of hydrogen-bond donors (Lipinski definition) is 3. The van der Waals surface area contributed by atoms with Crippen molar-refractivity contribution < 1.29 is 5.11 Å². The second-order valence-electron chi connectivity index (χ2n) is 10.3. The molecule has 10 heteroatoms. The SMILES string of the molecule is CC(C)n1cnc2c(NCc3ccccc3-n3ccc(C(C)(C)O)n3)nc(N3CCC[C@@H](N)C3)nc21. The number of piperidine rings is 1. The largest absolute Gasteiger partial charge is 0.384 e. The molecule has 0 aliphatic carbocycles. The van der Waals surface area contributed by atoms with Crippen LogP contribution < -0.4 is 16.0 Å². The second kappa shape index (κ2) is 9.51. The molecule has 0 amide bonds. The van der Waals surface area contributed by atoms with Crippen LogP contribution in [0.1, 0.15) is 57.8 Å². The van der Waals surface area contributed by atoms with Crippen molar-refractivity contribution in [2.75, 3.05) is 23.3 Å². The van der Waals surface area contributed by atoms with Gasteiger partial charge in [0.05, 0.1) is 17.7 Å². The van der Waals surface area contributed by atoms with E-state index in [2.05, 4.69) is 44.8 Å². The number of aliphatic hydroxyl groups is 1. The topological polar surface area (TPSA) is 123 Å². The maximum Gasteiger partial charge on any atom is 0.229 e. The zero-order chi connectivity index (χ0) is 25.4. The van der Waals surface area contributed by atoms with E-state index in [-0.39, 0.29) is 12.1 Å². The van der Waals surface area contributed by atoms with E-state index in [0.717, 1.165) is 48.3 Å². The van der Waals surface area contributed by atoms with Crippen LogP contribution in [0.5, 0.6) is 0 Å². The molecule has 0 saturated carbocycles. The standard InChI is InChI=1S/C26H35N9O/c1-17(2)34-16-29-22-23(30-25(31-24(22)34)33-12-7-9-19(27)15-33)28-14-18-8-5-6-10-20(18)35-13-11-21(32-35)26(3,4)36/h5-6,8,10-11,13,16-17,19,36H,7,9,12,14-15,27H2,1-4H3,(H,28,30,31)/t19-/m1/s1. The molecule has 1 aliphatic rings. The number of aromatic nitrogens is 6. The van der Waals surface area contributed by atoms with Gasteiger partial charge >= 0.3 is 0 Å². The summed E-state index contributed by atoms with van der Waals surface area (Å²) in [5.41, 5.74) is 9.39. The van der Waals surface area contributed by atoms with Crippen molar-refractivity contribution in [1.82, 2.24) is 29.3 Å². The van der Waals surface area contributed by atoms with Crippen molar-refractivity contribution in [3.8, 4) is 5.69 Å². The number of nitrogens with two attached hydrogens (primary N) is 1. The maximum atomic E-state index is 10.3. The predicted molar refractivity (Wildman–Crippen MR) is 141 cm³/mol. The Morgan fingerprint density at radius 2 is 2.00 bits per heavy atom. The van der Waals surface area contributed by atoms with Crippen LogP contribution in [0.4, 0.5) is 11.8 Å². The smallest absolute Gasteiger partial charge is 0.229 e. The Bertz CT molecular complexity index is 1350. The molecule has 190 valence electrons. The van der Waals surface area contributed by atoms with Crippen molar-refractivity contribution in [3.05, 3.63) is 54.1 Å². The summed E-state index contributed by atoms with van der Waals surface area (Å²) in [6, 6.07) is 10.2. The minimum absolute atomic E-state index is 0.124. The first-order chi connectivity index (χ1) is 17.2. The predicted octanol–water partition coefficient (Wildman–Crippen LogP) is 3.36. The van der Waals surface area contributed by atoms with Gasteiger partial charge in [0, 0.05) is 37.9 Å². The summed E-state index contributed by atoms with van der Waals surface area (Å²) in [7, 11) is 0. The van der Waals surface area contributed by atoms with Gasteiger partial charge in [-0.25, -0.2) is 9.67 Å². The van der Waals surface area contributed by atoms with E-state index in [4.69, 9.17) is 15.7 Å². The van der Waals surface area contributed by atoms with E-state index in [0.29, 0.717) is 24.0 Å². The van der Waals surface area contributed by atoms with Gasteiger partial charge in [-0.15, -0.1) is 0 Å². The van der Waals surface area contributed by atoms with Crippen LogP contribution in [0.25, 0.3) is 16.9 Å². The highest BCUT2D eigenvalue weighted by atomic mass is 16.3. The zero-order valence-corrected chi connectivity index (χ0v) is 21.4. The third-order valence-electron chi connectivity index (χ3n) is 6.61. The van der Waals surface area contributed by atoms with Crippen LogP contribution in [0.15, 0.2) is 42.9 Å². The Kier molecular flexibility index (Phi) is 6.40. The summed E-state index contributed by atoms with van der Waals surface area (Å²) >= 11 is 0. The van der Waals surface area contributed by atoms with Gasteiger partial charge in [-0.1, -0.05) is 18.2 Å². The fraction of sp³-hybridized carbons (Fsp3) is 0.462. The summed E-state index contributed by atoms with van der Waals surface area (Å²) in [4.78, 5) is 16.6. The molecule has 1 fully saturated rings. The van der Waals surface area contributed by atoms with Gasteiger partial charge in [-0.3, -0.25) is 0 Å². The summed E-state index contributed by atoms with van der Waals surface area (Å²) in [5.74, 6) is 1.37. The molecule has 0 spiro atoms. The van der Waals surface area contributed by atoms with E-state index in [1.54, 1.807) is 18.5 Å². The number of fused-ring (bicyclic) bond motifs is 1. The van der Waals surface area contributed by atoms with Crippen LogP contribution in [0.3, 0.4) is 0 Å². The lowest BCUT2D eigenvalue weighted by Gasteiger charge is -2.31. The fourth-order valence-corrected chi connectivity index (χ4v) is 4.59. The number of imidazole rings is 1. The molecule has 4 aromatic rings. The lowest BCUT2D eigenvalue weighted by atomic mass is 10.1. The molecule has 10 nitrogen and oxygen atoms in total. The Labute approximate surface area is 211 Å². The number of benzene rings is 1. The molecule has 4 N–H and O–H groups in total. The number of nitrogens with one attached hydrogen (secondary N) is 1. The van der Waals surface area contributed by atoms with Crippen LogP contribution in [-0.2, 0) is 12.1 Å². The molecule has 1 aromatic carbocycles. The fourth-order valence-electron chi connectivity index (χ4n) is 4.59. The number of rotatable bonds is 7. The summed E-state index contributed by atoms with van der Waals surface area (Å²) in [6.45, 7) is 9.86. The van der Waals surface area contributed by atoms with Crippen molar-refractivity contribution in [3.63, 3.8) is 0 Å². The van der Waals surface area contributed by atoms with E-state index in [1.807, 2.05) is 36.8 Å². The number of nitrogens with zero attached hydrogens (tertiary/aromatic N) is 7. The van der Waals surface area contributed by atoms with Crippen LogP contribution in [-0.4, -0.2) is 53.5 Å². The molecule has 4 heterocycles. The van der Waals surface area contributed by atoms with E-state index >= 15 is 0 Å². The molecular formula is C26H35N9O. The van der Waals surface area contributed by atoms with Gasteiger partial charge in [-0.05, 0) is 58.2 Å². The quantitative estimate of drug-likeness (QED) is 0.361. The van der Waals surface area contributed by atoms with E-state index < -0.39 is 5.60 Å². The molecule has 0 bridgehead atoms. The van der Waals surface area contributed by atoms with Crippen LogP contribution in [0.2, 0.25) is 0 Å². The summed E-state index contributed by atoms with van der Waals surface area (Å²) in [6.07, 6.45) is 5.75. The Hall–Kier alpha value is -3.50. The van der Waals surface area contributed by atoms with Crippen molar-refractivity contribution in [2.24, 2.45) is 5.73 Å². The Morgan fingerprint density at radius 1 is 1.19 bits per heavy atom. The van der Waals surface area contributed by atoms with Gasteiger partial charge in [0.25, 0.3) is 0 Å². The molecule has 36 heavy (non-hydrogen) atoms. The van der Waals surface area contributed by atoms with Gasteiger partial charge < -0.3 is 25.6 Å². The average Bonchev–Trinajstić information content (AvgIpc) is 3.50. The van der Waals surface area contributed by atoms with Gasteiger partial charge in [0.2, 0.25) is 5.95 Å². The second-order valence-corrected chi connectivity index (χ2v) is 10.3. The number of hydrogen-bond acceptors (Lipinski definition) is 8. The molecule has 0 unspecified atom stereocenters. The third kappa shape index (κ3) is 4.78. The molecule has 1 aliphatic heterocycles.